The summed E-state index contributed by atoms with van der Waals surface area (Å²) in [6.45, 7) is 0.115. The van der Waals surface area contributed by atoms with Crippen molar-refractivity contribution in [3.8, 4) is 0 Å². The molecule has 1 aromatic carbocycles. The summed E-state index contributed by atoms with van der Waals surface area (Å²) in [5.41, 5.74) is 6.10. The zero-order chi connectivity index (χ0) is 34.2. The van der Waals surface area contributed by atoms with Gasteiger partial charge in [-0.2, -0.15) is 0 Å². The molecule has 6 rings (SSSR count). The molecule has 3 unspecified atom stereocenters. The number of rotatable bonds is 7. The number of carbonyl (C=O) groups excluding carboxylic acids is 4. The second-order valence-corrected chi connectivity index (χ2v) is 15.9. The van der Waals surface area contributed by atoms with Crippen LogP contribution in [0.1, 0.15) is 81.3 Å². The molecule has 1 saturated heterocycles. The summed E-state index contributed by atoms with van der Waals surface area (Å²) in [5, 5.41) is 2.19. The smallest absolute Gasteiger partial charge is 0.309 e. The summed E-state index contributed by atoms with van der Waals surface area (Å²) >= 11 is 0. The molecule has 0 radical (unpaired) electrons. The van der Waals surface area contributed by atoms with Gasteiger partial charge in [0.15, 0.2) is 0 Å². The number of benzene rings is 1. The Morgan fingerprint density at radius 3 is 2.69 bits per heavy atom. The van der Waals surface area contributed by atoms with Crippen molar-refractivity contribution in [2.45, 2.75) is 106 Å². The van der Waals surface area contributed by atoms with E-state index >= 15 is 0 Å². The number of allylic oxidation sites excluding steroid dienone is 1. The quantitative estimate of drug-likeness (QED) is 0.286. The average molecular weight is 689 g/mol. The van der Waals surface area contributed by atoms with Crippen molar-refractivity contribution in [2.24, 2.45) is 17.6 Å². The lowest BCUT2D eigenvalue weighted by Crippen LogP contribution is -2.57. The number of nitrogens with two attached hydrogens (primary N) is 1. The van der Waals surface area contributed by atoms with Crippen molar-refractivity contribution in [3.05, 3.63) is 47.3 Å². The summed E-state index contributed by atoms with van der Waals surface area (Å²) in [6.07, 6.45) is 8.34. The van der Waals surface area contributed by atoms with Gasteiger partial charge in [0.1, 0.15) is 23.5 Å². The summed E-state index contributed by atoms with van der Waals surface area (Å²) < 4.78 is 53.5. The highest BCUT2D eigenvalue weighted by Crippen LogP contribution is 2.46. The molecule has 0 spiro atoms. The monoisotopic (exact) mass is 688 g/mol. The number of nitrogens with zero attached hydrogens (tertiary/aromatic N) is 1. The van der Waals surface area contributed by atoms with Gasteiger partial charge in [-0.3, -0.25) is 23.9 Å². The average Bonchev–Trinajstić information content (AvgIpc) is 3.97. The van der Waals surface area contributed by atoms with E-state index in [1.54, 1.807) is 12.1 Å². The topological polar surface area (TPSA) is 174 Å². The minimum atomic E-state index is -3.87. The van der Waals surface area contributed by atoms with Gasteiger partial charge in [-0.1, -0.05) is 37.1 Å². The number of ether oxygens (including phenoxy) is 2. The van der Waals surface area contributed by atoms with E-state index in [9.17, 15) is 32.0 Å². The third-order valence-electron chi connectivity index (χ3n) is 10.6. The lowest BCUT2D eigenvalue weighted by atomic mass is 9.75. The number of esters is 1. The highest BCUT2D eigenvalue weighted by atomic mass is 32.2. The molecule has 0 bridgehead atoms. The van der Waals surface area contributed by atoms with E-state index in [1.165, 1.54) is 18.1 Å². The molecule has 2 saturated carbocycles. The van der Waals surface area contributed by atoms with E-state index in [2.05, 4.69) is 10.0 Å². The van der Waals surface area contributed by atoms with E-state index in [-0.39, 0.29) is 31.8 Å². The molecule has 262 valence electrons. The third kappa shape index (κ3) is 7.02. The number of sulfonamides is 1. The van der Waals surface area contributed by atoms with Gasteiger partial charge in [-0.05, 0) is 68.6 Å². The predicted molar refractivity (Wildman–Crippen MR) is 172 cm³/mol. The number of hydrogen-bond acceptors (Lipinski definition) is 9. The zero-order valence-electron chi connectivity index (χ0n) is 27.2. The Labute approximate surface area is 280 Å². The Bertz CT molecular complexity index is 1580. The van der Waals surface area contributed by atoms with E-state index in [0.717, 1.165) is 19.3 Å². The predicted octanol–water partition coefficient (Wildman–Crippen LogP) is 1.96. The number of halogens is 1. The summed E-state index contributed by atoms with van der Waals surface area (Å²) in [6, 6.07) is 2.82. The molecule has 5 aliphatic rings. The zero-order valence-corrected chi connectivity index (χ0v) is 28.0. The van der Waals surface area contributed by atoms with Crippen LogP contribution >= 0.6 is 0 Å². The van der Waals surface area contributed by atoms with Crippen molar-refractivity contribution in [1.29, 1.82) is 0 Å². The van der Waals surface area contributed by atoms with Gasteiger partial charge >= 0.3 is 5.97 Å². The fraction of sp³-hybridized carbons (Fsp3) is 0.647. The molecule has 3 amide bonds. The van der Waals surface area contributed by atoms with Crippen LogP contribution in [0.15, 0.2) is 30.4 Å². The molecule has 2 aliphatic heterocycles. The first-order valence-electron chi connectivity index (χ1n) is 17.0. The van der Waals surface area contributed by atoms with Crippen LogP contribution in [0.5, 0.6) is 0 Å². The fourth-order valence-electron chi connectivity index (χ4n) is 7.57. The minimum absolute atomic E-state index is 0.0263. The number of amides is 3. The molecule has 1 aromatic rings. The second-order valence-electron chi connectivity index (χ2n) is 13.9. The van der Waals surface area contributed by atoms with Crippen LogP contribution < -0.4 is 15.8 Å². The molecular weight excluding hydrogens is 643 g/mol. The van der Waals surface area contributed by atoms with Crippen LogP contribution in [0.3, 0.4) is 0 Å². The van der Waals surface area contributed by atoms with Gasteiger partial charge in [-0.25, -0.2) is 12.8 Å². The van der Waals surface area contributed by atoms with Crippen molar-refractivity contribution >= 4 is 33.7 Å². The van der Waals surface area contributed by atoms with Crippen molar-refractivity contribution in [2.75, 3.05) is 20.3 Å². The van der Waals surface area contributed by atoms with Gasteiger partial charge in [0, 0.05) is 25.4 Å². The normalized spacial score (nSPS) is 32.5. The largest absolute Gasteiger partial charge is 0.460 e. The molecular formula is C34H45FN4O8S. The van der Waals surface area contributed by atoms with Crippen LogP contribution in [0, 0.1) is 17.7 Å². The molecule has 3 fully saturated rings. The van der Waals surface area contributed by atoms with Crippen LogP contribution in [0.25, 0.3) is 0 Å². The molecule has 48 heavy (non-hydrogen) atoms. The number of methoxy groups -OCH3 is 1. The number of carbonyl (C=O) groups is 4. The van der Waals surface area contributed by atoms with Gasteiger partial charge in [0.2, 0.25) is 21.8 Å². The first kappa shape index (κ1) is 34.5. The van der Waals surface area contributed by atoms with E-state index in [0.29, 0.717) is 49.7 Å². The molecule has 4 N–H and O–H groups in total. The minimum Gasteiger partial charge on any atom is -0.460 e. The van der Waals surface area contributed by atoms with Crippen molar-refractivity contribution in [3.63, 3.8) is 0 Å². The molecule has 14 heteroatoms. The maximum absolute atomic E-state index is 14.6. The maximum Gasteiger partial charge on any atom is 0.309 e. The van der Waals surface area contributed by atoms with E-state index in [1.807, 2.05) is 12.2 Å². The number of nitrogens with one attached hydrogen (secondary N) is 2. The Morgan fingerprint density at radius 2 is 1.94 bits per heavy atom. The standard InChI is InChI=1S/C34H45FN4O8S/c1-46-19-26-23-9-7-10-27(35)24(23)14-15-25(26)32(42)47-21-16-29-30(40)37-34(33(43)38-48(44,45)22-12-13-22)17-20(34)8-5-3-2-4-6-11-28(36)31(41)39(29)18-21/h5,7-10,20-22,25-26,28-29H,2-4,6,11-19,36H2,1H3,(H,37,40)(H,38,43)/t20-,21-,25?,26?,28+,29?,34-/m1/s1. The summed E-state index contributed by atoms with van der Waals surface area (Å²) in [7, 11) is -2.36. The molecule has 7 atom stereocenters. The maximum atomic E-state index is 14.6. The SMILES string of the molecule is COCC1c2cccc(F)c2CCC1C(=O)O[C@@H]1CC2C(=O)N[C@]3(C(=O)NS(=O)(=O)C4CC4)C[C@H]3C=CCCCCC[C@H](N)C(=O)N2C1. The molecule has 12 nitrogen and oxygen atoms in total. The fourth-order valence-corrected chi connectivity index (χ4v) is 8.93. The Kier molecular flexibility index (Phi) is 9.97. The Hall–Kier alpha value is -3.36. The van der Waals surface area contributed by atoms with Crippen molar-refractivity contribution < 1.29 is 41.5 Å². The molecule has 2 heterocycles. The lowest BCUT2D eigenvalue weighted by molar-refractivity contribution is -0.156. The summed E-state index contributed by atoms with van der Waals surface area (Å²) in [4.78, 5) is 56.2. The first-order chi connectivity index (χ1) is 22.9. The number of fused-ring (bicyclic) bond motifs is 3. The van der Waals surface area contributed by atoms with E-state index in [4.69, 9.17) is 15.2 Å². The Morgan fingerprint density at radius 1 is 1.15 bits per heavy atom. The summed E-state index contributed by atoms with van der Waals surface area (Å²) in [5.74, 6) is -4.21. The van der Waals surface area contributed by atoms with Crippen LogP contribution in [0.2, 0.25) is 0 Å². The lowest BCUT2D eigenvalue weighted by Gasteiger charge is -2.32. The Balaban J connectivity index is 1.22. The molecule has 0 aromatic heterocycles. The van der Waals surface area contributed by atoms with Crippen LogP contribution in [-0.2, 0) is 45.1 Å². The number of hydrogen-bond donors (Lipinski definition) is 3. The van der Waals surface area contributed by atoms with Gasteiger partial charge < -0.3 is 25.4 Å². The van der Waals surface area contributed by atoms with Crippen LogP contribution in [-0.4, -0.2) is 86.2 Å². The van der Waals surface area contributed by atoms with Crippen LogP contribution in [0.4, 0.5) is 4.39 Å². The first-order valence-corrected chi connectivity index (χ1v) is 18.6. The highest BCUT2D eigenvalue weighted by molar-refractivity contribution is 7.91. The highest BCUT2D eigenvalue weighted by Gasteiger charge is 2.62. The molecule has 3 aliphatic carbocycles. The second kappa shape index (κ2) is 13.9. The van der Waals surface area contributed by atoms with Gasteiger partial charge in [0.05, 0.1) is 30.4 Å². The third-order valence-corrected chi connectivity index (χ3v) is 12.4. The van der Waals surface area contributed by atoms with Gasteiger partial charge in [-0.15, -0.1) is 0 Å². The van der Waals surface area contributed by atoms with Crippen molar-refractivity contribution in [1.82, 2.24) is 14.9 Å². The van der Waals surface area contributed by atoms with E-state index < -0.39 is 80.4 Å². The van der Waals surface area contributed by atoms with Gasteiger partial charge in [0.25, 0.3) is 5.91 Å².